The van der Waals surface area contributed by atoms with Crippen LogP contribution in [-0.4, -0.2) is 64.0 Å². The molecule has 0 saturated carbocycles. The number of anilines is 4. The summed E-state index contributed by atoms with van der Waals surface area (Å²) < 4.78 is 31.5. The van der Waals surface area contributed by atoms with Crippen molar-refractivity contribution in [3.05, 3.63) is 71.9 Å². The topological polar surface area (TPSA) is 130 Å². The molecule has 1 saturated heterocycles. The van der Waals surface area contributed by atoms with Gasteiger partial charge in [0.2, 0.25) is 10.0 Å². The van der Waals surface area contributed by atoms with Gasteiger partial charge in [-0.25, -0.2) is 17.7 Å². The van der Waals surface area contributed by atoms with Gasteiger partial charge in [-0.2, -0.15) is 0 Å². The third kappa shape index (κ3) is 5.93. The number of hydrogen-bond acceptors (Lipinski definition) is 8. The zero-order valence-corrected chi connectivity index (χ0v) is 21.1. The highest BCUT2D eigenvalue weighted by molar-refractivity contribution is 7.89. The molecular weight excluding hydrogens is 480 g/mol. The molecule has 3 aromatic rings. The molecular formula is C25H30N6O4S. The van der Waals surface area contributed by atoms with Crippen molar-refractivity contribution in [1.82, 2.24) is 9.29 Å². The Morgan fingerprint density at radius 2 is 1.83 bits per heavy atom. The fourth-order valence-electron chi connectivity index (χ4n) is 3.82. The van der Waals surface area contributed by atoms with Gasteiger partial charge < -0.3 is 26.0 Å². The van der Waals surface area contributed by atoms with E-state index in [2.05, 4.69) is 20.5 Å². The van der Waals surface area contributed by atoms with Crippen molar-refractivity contribution < 1.29 is 17.9 Å². The number of rotatable bonds is 9. The lowest BCUT2D eigenvalue weighted by Gasteiger charge is -2.28. The number of nitrogens with one attached hydrogen (secondary N) is 2. The van der Waals surface area contributed by atoms with E-state index in [1.807, 2.05) is 30.3 Å². The monoisotopic (exact) mass is 510 g/mol. The van der Waals surface area contributed by atoms with Crippen LogP contribution >= 0.6 is 0 Å². The average molecular weight is 511 g/mol. The fraction of sp³-hybridized carbons (Fsp3) is 0.280. The van der Waals surface area contributed by atoms with Gasteiger partial charge in [-0.15, -0.1) is 0 Å². The van der Waals surface area contributed by atoms with Gasteiger partial charge >= 0.3 is 0 Å². The van der Waals surface area contributed by atoms with Crippen LogP contribution in [0.2, 0.25) is 0 Å². The van der Waals surface area contributed by atoms with E-state index in [0.29, 0.717) is 11.5 Å². The largest absolute Gasteiger partial charge is 0.380 e. The molecule has 11 heteroatoms. The number of carbonyl (C=O) groups excluding carboxylic acids is 1. The Labute approximate surface area is 211 Å². The highest BCUT2D eigenvalue weighted by Crippen LogP contribution is 2.25. The van der Waals surface area contributed by atoms with E-state index < -0.39 is 15.9 Å². The number of amides is 1. The maximum absolute atomic E-state index is 12.5. The molecule has 190 valence electrons. The Kier molecular flexibility index (Phi) is 7.73. The van der Waals surface area contributed by atoms with E-state index in [-0.39, 0.29) is 17.0 Å². The number of pyridine rings is 1. The van der Waals surface area contributed by atoms with Crippen LogP contribution in [0.25, 0.3) is 0 Å². The predicted octanol–water partition coefficient (Wildman–Crippen LogP) is 2.62. The van der Waals surface area contributed by atoms with E-state index >= 15 is 0 Å². The molecule has 2 aromatic carbocycles. The van der Waals surface area contributed by atoms with E-state index in [1.54, 1.807) is 24.3 Å². The number of hydrogen-bond donors (Lipinski definition) is 3. The molecule has 1 aromatic heterocycles. The Bertz CT molecular complexity index is 1320. The minimum Gasteiger partial charge on any atom is -0.380 e. The molecule has 0 spiro atoms. The van der Waals surface area contributed by atoms with Crippen molar-refractivity contribution in [3.63, 3.8) is 0 Å². The van der Waals surface area contributed by atoms with E-state index in [4.69, 9.17) is 10.5 Å². The van der Waals surface area contributed by atoms with Gasteiger partial charge in [0.15, 0.2) is 0 Å². The maximum Gasteiger partial charge on any atom is 0.252 e. The van der Waals surface area contributed by atoms with Gasteiger partial charge in [0, 0.05) is 57.4 Å². The summed E-state index contributed by atoms with van der Waals surface area (Å²) in [5.41, 5.74) is 8.99. The summed E-state index contributed by atoms with van der Waals surface area (Å²) in [5, 5.41) is 6.44. The molecule has 0 unspecified atom stereocenters. The minimum absolute atomic E-state index is 0.194. The molecule has 2 heterocycles. The average Bonchev–Trinajstić information content (AvgIpc) is 2.88. The standard InChI is InChI=1S/C25H30N6O4S/c1-30(2)36(33,34)21-5-3-4-18(14-21)16-27-23-15-24(28-17-22(23)25(26)32)29-19-6-8-20(9-7-19)31-10-12-35-13-11-31/h3-9,14-15,17H,10-13,16H2,1-2H3,(H2,26,32)(H2,27,28,29). The van der Waals surface area contributed by atoms with Crippen LogP contribution in [0.1, 0.15) is 15.9 Å². The summed E-state index contributed by atoms with van der Waals surface area (Å²) in [6.45, 7) is 3.46. The Balaban J connectivity index is 1.49. The number of ether oxygens (including phenoxy) is 1. The summed E-state index contributed by atoms with van der Waals surface area (Å²) in [4.78, 5) is 18.8. The molecule has 10 nitrogen and oxygen atoms in total. The predicted molar refractivity (Wildman–Crippen MR) is 140 cm³/mol. The molecule has 1 fully saturated rings. The second kappa shape index (κ2) is 10.9. The highest BCUT2D eigenvalue weighted by Gasteiger charge is 2.17. The van der Waals surface area contributed by atoms with Crippen LogP contribution in [0.3, 0.4) is 0 Å². The minimum atomic E-state index is -3.55. The Morgan fingerprint density at radius 3 is 2.50 bits per heavy atom. The maximum atomic E-state index is 12.5. The quantitative estimate of drug-likeness (QED) is 0.401. The number of sulfonamides is 1. The molecule has 4 rings (SSSR count). The molecule has 36 heavy (non-hydrogen) atoms. The lowest BCUT2D eigenvalue weighted by molar-refractivity contribution is 0.100. The van der Waals surface area contributed by atoms with Crippen LogP contribution < -0.4 is 21.3 Å². The summed E-state index contributed by atoms with van der Waals surface area (Å²) >= 11 is 0. The molecule has 0 atom stereocenters. The Morgan fingerprint density at radius 1 is 1.11 bits per heavy atom. The van der Waals surface area contributed by atoms with Crippen molar-refractivity contribution in [2.45, 2.75) is 11.4 Å². The van der Waals surface area contributed by atoms with Gasteiger partial charge in [-0.05, 0) is 42.0 Å². The second-order valence-electron chi connectivity index (χ2n) is 8.54. The summed E-state index contributed by atoms with van der Waals surface area (Å²) in [6.07, 6.45) is 1.42. The first kappa shape index (κ1) is 25.4. The molecule has 0 aliphatic carbocycles. The number of nitrogens with two attached hydrogens (primary N) is 1. The smallest absolute Gasteiger partial charge is 0.252 e. The lowest BCUT2D eigenvalue weighted by atomic mass is 10.2. The zero-order valence-electron chi connectivity index (χ0n) is 20.3. The molecule has 0 radical (unpaired) electrons. The van der Waals surface area contributed by atoms with Crippen molar-refractivity contribution in [2.24, 2.45) is 5.73 Å². The van der Waals surface area contributed by atoms with Crippen LogP contribution in [0.15, 0.2) is 65.7 Å². The molecule has 1 aliphatic rings. The van der Waals surface area contributed by atoms with Crippen molar-refractivity contribution in [3.8, 4) is 0 Å². The van der Waals surface area contributed by atoms with E-state index in [9.17, 15) is 13.2 Å². The number of carbonyl (C=O) groups is 1. The van der Waals surface area contributed by atoms with Gasteiger partial charge in [0.1, 0.15) is 5.82 Å². The number of morpholine rings is 1. The van der Waals surface area contributed by atoms with Gasteiger partial charge in [0.25, 0.3) is 5.91 Å². The SMILES string of the molecule is CN(C)S(=O)(=O)c1cccc(CNc2cc(Nc3ccc(N4CCOCC4)cc3)ncc2C(N)=O)c1. The van der Waals surface area contributed by atoms with Gasteiger partial charge in [-0.3, -0.25) is 4.79 Å². The third-order valence-electron chi connectivity index (χ3n) is 5.85. The van der Waals surface area contributed by atoms with E-state index in [1.165, 1.54) is 24.6 Å². The van der Waals surface area contributed by atoms with Crippen LogP contribution in [0.5, 0.6) is 0 Å². The molecule has 1 amide bonds. The van der Waals surface area contributed by atoms with Crippen LogP contribution in [0, 0.1) is 0 Å². The van der Waals surface area contributed by atoms with Crippen molar-refractivity contribution in [1.29, 1.82) is 0 Å². The van der Waals surface area contributed by atoms with E-state index in [0.717, 1.165) is 43.2 Å². The summed E-state index contributed by atoms with van der Waals surface area (Å²) in [5.74, 6) is -0.0825. The molecule has 4 N–H and O–H groups in total. The lowest BCUT2D eigenvalue weighted by Crippen LogP contribution is -2.36. The molecule has 1 aliphatic heterocycles. The van der Waals surface area contributed by atoms with Gasteiger partial charge in [0.05, 0.1) is 29.4 Å². The first-order chi connectivity index (χ1) is 17.2. The normalized spacial score (nSPS) is 14.0. The first-order valence-corrected chi connectivity index (χ1v) is 12.9. The van der Waals surface area contributed by atoms with Crippen LogP contribution in [0.4, 0.5) is 22.9 Å². The fourth-order valence-corrected chi connectivity index (χ4v) is 4.79. The number of primary amides is 1. The number of aromatic nitrogens is 1. The number of benzene rings is 2. The van der Waals surface area contributed by atoms with Crippen LogP contribution in [-0.2, 0) is 21.3 Å². The number of nitrogens with zero attached hydrogens (tertiary/aromatic N) is 3. The first-order valence-electron chi connectivity index (χ1n) is 11.5. The third-order valence-corrected chi connectivity index (χ3v) is 7.66. The second-order valence-corrected chi connectivity index (χ2v) is 10.7. The zero-order chi connectivity index (χ0) is 25.7. The Hall–Kier alpha value is -3.67. The highest BCUT2D eigenvalue weighted by atomic mass is 32.2. The summed E-state index contributed by atoms with van der Waals surface area (Å²) in [7, 11) is -0.579. The van der Waals surface area contributed by atoms with Crippen molar-refractivity contribution >= 4 is 38.8 Å². The van der Waals surface area contributed by atoms with Gasteiger partial charge in [-0.1, -0.05) is 12.1 Å². The van der Waals surface area contributed by atoms with Crippen molar-refractivity contribution in [2.75, 3.05) is 55.9 Å². The summed E-state index contributed by atoms with van der Waals surface area (Å²) in [6, 6.07) is 16.4. The molecule has 0 bridgehead atoms.